The Balaban J connectivity index is 1.40. The smallest absolute Gasteiger partial charge is 0.244 e. The average Bonchev–Trinajstić information content (AvgIpc) is 3.49. The second-order valence-electron chi connectivity index (χ2n) is 6.52. The van der Waals surface area contributed by atoms with Gasteiger partial charge in [0.15, 0.2) is 23.0 Å². The maximum absolute atomic E-state index is 11.9. The number of methoxy groups -OCH3 is 2. The molecule has 0 saturated heterocycles. The summed E-state index contributed by atoms with van der Waals surface area (Å²) in [6.45, 7) is 0.614. The van der Waals surface area contributed by atoms with Gasteiger partial charge in [-0.1, -0.05) is 6.07 Å². The summed E-state index contributed by atoms with van der Waals surface area (Å²) in [5.74, 6) is 1.95. The van der Waals surface area contributed by atoms with Crippen molar-refractivity contribution in [3.63, 3.8) is 0 Å². The number of rotatable bonds is 9. The minimum absolute atomic E-state index is 0.181. The number of aromatic nitrogens is 4. The first kappa shape index (κ1) is 21.3. The number of nitrogens with zero attached hydrogens (tertiary/aromatic N) is 4. The quantitative estimate of drug-likeness (QED) is 0.308. The molecule has 1 aromatic carbocycles. The van der Waals surface area contributed by atoms with Crippen LogP contribution in [0.1, 0.15) is 4.88 Å². The van der Waals surface area contributed by atoms with E-state index in [0.29, 0.717) is 35.4 Å². The molecule has 1 amide bonds. The number of amides is 1. The summed E-state index contributed by atoms with van der Waals surface area (Å²) in [5.41, 5.74) is 1.35. The fourth-order valence-corrected chi connectivity index (χ4v) is 3.56. The molecule has 0 atom stereocenters. The van der Waals surface area contributed by atoms with E-state index in [1.807, 2.05) is 29.6 Å². The van der Waals surface area contributed by atoms with Gasteiger partial charge in [0, 0.05) is 22.6 Å². The summed E-state index contributed by atoms with van der Waals surface area (Å²) in [6, 6.07) is 12.8. The summed E-state index contributed by atoms with van der Waals surface area (Å²) in [5, 5.41) is 17.6. The van der Waals surface area contributed by atoms with Crippen LogP contribution in [0, 0.1) is 0 Å². The van der Waals surface area contributed by atoms with Crippen LogP contribution in [0.5, 0.6) is 17.4 Å². The van der Waals surface area contributed by atoms with E-state index in [0.717, 1.165) is 10.4 Å². The summed E-state index contributed by atoms with van der Waals surface area (Å²) < 4.78 is 17.9. The van der Waals surface area contributed by atoms with Crippen LogP contribution in [0.2, 0.25) is 0 Å². The largest absolute Gasteiger partial charge is 0.493 e. The van der Waals surface area contributed by atoms with Gasteiger partial charge in [0.2, 0.25) is 11.8 Å². The van der Waals surface area contributed by atoms with E-state index in [2.05, 4.69) is 20.6 Å². The molecule has 4 aromatic rings. The molecule has 9 nitrogen and oxygen atoms in total. The van der Waals surface area contributed by atoms with Gasteiger partial charge in [-0.3, -0.25) is 4.79 Å². The van der Waals surface area contributed by atoms with Crippen LogP contribution in [0.25, 0.3) is 23.1 Å². The molecular formula is C22H21N5O4S. The molecule has 164 valence electrons. The average molecular weight is 452 g/mol. The first-order valence-corrected chi connectivity index (χ1v) is 10.6. The Bertz CT molecular complexity index is 1240. The van der Waals surface area contributed by atoms with Crippen LogP contribution in [0.3, 0.4) is 0 Å². The summed E-state index contributed by atoms with van der Waals surface area (Å²) >= 11 is 1.57. The monoisotopic (exact) mass is 451 g/mol. The van der Waals surface area contributed by atoms with Gasteiger partial charge in [0.05, 0.1) is 20.8 Å². The predicted molar refractivity (Wildman–Crippen MR) is 121 cm³/mol. The molecule has 0 aliphatic heterocycles. The number of ether oxygens (including phenoxy) is 3. The second-order valence-corrected chi connectivity index (χ2v) is 7.50. The molecule has 0 radical (unpaired) electrons. The first-order chi connectivity index (χ1) is 15.7. The van der Waals surface area contributed by atoms with Crippen molar-refractivity contribution in [3.8, 4) is 28.8 Å². The number of hydrogen-bond donors (Lipinski definition) is 1. The van der Waals surface area contributed by atoms with E-state index in [4.69, 9.17) is 14.2 Å². The molecule has 0 saturated carbocycles. The molecular weight excluding hydrogens is 430 g/mol. The molecule has 4 rings (SSSR count). The third-order valence-electron chi connectivity index (χ3n) is 4.47. The lowest BCUT2D eigenvalue weighted by molar-refractivity contribution is -0.116. The fraction of sp³-hybridized carbons (Fsp3) is 0.182. The normalized spacial score (nSPS) is 11.1. The molecule has 0 spiro atoms. The topological polar surface area (TPSA) is 99.9 Å². The van der Waals surface area contributed by atoms with Gasteiger partial charge < -0.3 is 19.5 Å². The minimum atomic E-state index is -0.181. The van der Waals surface area contributed by atoms with Gasteiger partial charge in [-0.2, -0.15) is 4.52 Å². The molecule has 0 aliphatic carbocycles. The third kappa shape index (κ3) is 4.86. The van der Waals surface area contributed by atoms with Crippen molar-refractivity contribution < 1.29 is 19.0 Å². The lowest BCUT2D eigenvalue weighted by Crippen LogP contribution is -2.26. The molecule has 3 aromatic heterocycles. The predicted octanol–water partition coefficient (Wildman–Crippen LogP) is 3.08. The number of thiophene rings is 1. The molecule has 3 heterocycles. The summed E-state index contributed by atoms with van der Waals surface area (Å²) in [7, 11) is 3.15. The molecule has 0 fully saturated rings. The van der Waals surface area contributed by atoms with E-state index < -0.39 is 0 Å². The number of hydrogen-bond acceptors (Lipinski definition) is 8. The van der Waals surface area contributed by atoms with Crippen LogP contribution in [-0.4, -0.2) is 53.1 Å². The van der Waals surface area contributed by atoms with Gasteiger partial charge in [0.25, 0.3) is 0 Å². The van der Waals surface area contributed by atoms with Crippen LogP contribution in [0.4, 0.5) is 0 Å². The van der Waals surface area contributed by atoms with Crippen molar-refractivity contribution in [2.24, 2.45) is 0 Å². The molecule has 32 heavy (non-hydrogen) atoms. The number of carbonyl (C=O) groups excluding carboxylic acids is 1. The van der Waals surface area contributed by atoms with Gasteiger partial charge in [-0.05, 0) is 41.8 Å². The fourth-order valence-electron chi connectivity index (χ4n) is 2.94. The van der Waals surface area contributed by atoms with E-state index in [-0.39, 0.29) is 12.5 Å². The van der Waals surface area contributed by atoms with Crippen molar-refractivity contribution in [3.05, 3.63) is 58.8 Å². The van der Waals surface area contributed by atoms with Gasteiger partial charge in [-0.15, -0.1) is 26.6 Å². The van der Waals surface area contributed by atoms with Crippen molar-refractivity contribution in [2.45, 2.75) is 0 Å². The highest BCUT2D eigenvalue weighted by Gasteiger charge is 2.13. The van der Waals surface area contributed by atoms with Crippen molar-refractivity contribution >= 4 is 29.0 Å². The number of fused-ring (bicyclic) bond motifs is 1. The molecule has 0 bridgehead atoms. The lowest BCUT2D eigenvalue weighted by Gasteiger charge is -2.09. The Kier molecular flexibility index (Phi) is 6.61. The highest BCUT2D eigenvalue weighted by molar-refractivity contribution is 7.10. The second kappa shape index (κ2) is 9.92. The highest BCUT2D eigenvalue weighted by atomic mass is 32.1. The van der Waals surface area contributed by atoms with E-state index in [9.17, 15) is 4.79 Å². The lowest BCUT2D eigenvalue weighted by atomic mass is 10.2. The zero-order valence-corrected chi connectivity index (χ0v) is 18.3. The maximum Gasteiger partial charge on any atom is 0.244 e. The number of benzene rings is 1. The number of nitrogens with one attached hydrogen (secondary N) is 1. The van der Waals surface area contributed by atoms with E-state index in [1.54, 1.807) is 54.3 Å². The van der Waals surface area contributed by atoms with E-state index in [1.165, 1.54) is 6.08 Å². The van der Waals surface area contributed by atoms with Gasteiger partial charge in [-0.25, -0.2) is 0 Å². The molecule has 10 heteroatoms. The maximum atomic E-state index is 11.9. The Labute approximate surface area is 188 Å². The van der Waals surface area contributed by atoms with E-state index >= 15 is 0 Å². The van der Waals surface area contributed by atoms with Crippen molar-refractivity contribution in [1.82, 2.24) is 25.1 Å². The minimum Gasteiger partial charge on any atom is -0.493 e. The Morgan fingerprint density at radius 2 is 2.00 bits per heavy atom. The van der Waals surface area contributed by atoms with Crippen LogP contribution in [-0.2, 0) is 4.79 Å². The van der Waals surface area contributed by atoms with Crippen LogP contribution < -0.4 is 19.5 Å². The Morgan fingerprint density at radius 3 is 2.78 bits per heavy atom. The van der Waals surface area contributed by atoms with Crippen molar-refractivity contribution in [2.75, 3.05) is 27.4 Å². The molecule has 0 aliphatic rings. The summed E-state index contributed by atoms with van der Waals surface area (Å²) in [6.07, 6.45) is 3.28. The van der Waals surface area contributed by atoms with Crippen LogP contribution in [0.15, 0.2) is 53.9 Å². The SMILES string of the molecule is COc1ccc(-c2nnc3ccc(OCCNC(=O)/C=C/c4cccs4)nn23)cc1OC. The standard InChI is InChI=1S/C22H21N5O4S/c1-29-17-7-5-15(14-18(17)30-2)22-25-24-19-8-10-21(26-27(19)22)31-12-11-23-20(28)9-6-16-4-3-13-32-16/h3-10,13-14H,11-12H2,1-2H3,(H,23,28)/b9-6+. The number of carbonyl (C=O) groups is 1. The highest BCUT2D eigenvalue weighted by Crippen LogP contribution is 2.31. The zero-order valence-electron chi connectivity index (χ0n) is 17.5. The third-order valence-corrected chi connectivity index (χ3v) is 5.31. The Hall–Kier alpha value is -3.92. The van der Waals surface area contributed by atoms with Crippen molar-refractivity contribution in [1.29, 1.82) is 0 Å². The first-order valence-electron chi connectivity index (χ1n) is 9.75. The molecule has 0 unspecified atom stereocenters. The van der Waals surface area contributed by atoms with Gasteiger partial charge in [0.1, 0.15) is 6.61 Å². The summed E-state index contributed by atoms with van der Waals surface area (Å²) in [4.78, 5) is 12.9. The molecule has 1 N–H and O–H groups in total. The van der Waals surface area contributed by atoms with Crippen LogP contribution >= 0.6 is 11.3 Å². The Morgan fingerprint density at radius 1 is 1.12 bits per heavy atom. The van der Waals surface area contributed by atoms with Gasteiger partial charge >= 0.3 is 0 Å². The zero-order chi connectivity index (χ0) is 22.3.